The number of carbonyl (C=O) groups is 1. The van der Waals surface area contributed by atoms with Crippen LogP contribution in [0, 0.1) is 0 Å². The van der Waals surface area contributed by atoms with Crippen LogP contribution in [0.25, 0.3) is 0 Å². The lowest BCUT2D eigenvalue weighted by molar-refractivity contribution is -0.111. The monoisotopic (exact) mass is 315 g/mol. The lowest BCUT2D eigenvalue weighted by Crippen LogP contribution is -2.55. The number of aldehydes is 1. The maximum Gasteiger partial charge on any atom is 0.141 e. The van der Waals surface area contributed by atoms with Gasteiger partial charge in [0.2, 0.25) is 0 Å². The third kappa shape index (κ3) is 3.41. The zero-order valence-electron chi connectivity index (χ0n) is 12.1. The Morgan fingerprint density at radius 2 is 2.35 bits per heavy atom. The largest absolute Gasteiger partial charge is 0.578 e. The van der Waals surface area contributed by atoms with Gasteiger partial charge in [0, 0.05) is 18.5 Å². The van der Waals surface area contributed by atoms with Crippen molar-refractivity contribution >= 4 is 29.2 Å². The first-order valence-electron chi connectivity index (χ1n) is 6.59. The third-order valence-corrected chi connectivity index (χ3v) is 6.10. The first kappa shape index (κ1) is 15.9. The summed E-state index contributed by atoms with van der Waals surface area (Å²) in [7, 11) is 5.76. The predicted molar refractivity (Wildman–Crippen MR) is 82.7 cm³/mol. The highest BCUT2D eigenvalue weighted by molar-refractivity contribution is 7.86. The molecule has 112 valence electrons. The molecule has 0 saturated carbocycles. The Morgan fingerprint density at radius 3 is 2.90 bits per heavy atom. The van der Waals surface area contributed by atoms with Crippen molar-refractivity contribution in [2.45, 2.75) is 18.5 Å². The van der Waals surface area contributed by atoms with Gasteiger partial charge in [0.15, 0.2) is 0 Å². The Bertz CT molecular complexity index is 427. The van der Waals surface area contributed by atoms with E-state index in [0.29, 0.717) is 6.42 Å². The van der Waals surface area contributed by atoms with E-state index in [9.17, 15) is 9.35 Å². The summed E-state index contributed by atoms with van der Waals surface area (Å²) < 4.78 is 16.3. The van der Waals surface area contributed by atoms with Crippen LogP contribution < -0.4 is 0 Å². The minimum atomic E-state index is -1.27. The molecule has 7 heteroatoms. The molecule has 0 amide bonds. The number of nitrogens with zero attached hydrogens (tertiary/aromatic N) is 3. The van der Waals surface area contributed by atoms with Crippen LogP contribution in [0.15, 0.2) is 17.5 Å². The molecule has 0 N–H and O–H groups in total. The molecule has 0 bridgehead atoms. The summed E-state index contributed by atoms with van der Waals surface area (Å²) >= 11 is 0.391. The summed E-state index contributed by atoms with van der Waals surface area (Å²) in [4.78, 5) is 14.5. The second-order valence-electron chi connectivity index (χ2n) is 5.19. The molecule has 1 saturated heterocycles. The molecule has 0 aromatic carbocycles. The standard InChI is InChI=1S/C13H21N3O2S2/c1-14(2)6-7-16-12(13-5-4-8-19-13)9-11(10-17)15(3)20(16)18/h4-5,8,10-12H,6-7,9H2,1-3H3. The minimum Gasteiger partial charge on any atom is -0.578 e. The number of likely N-dealkylation sites (N-methyl/N-ethyl adjacent to an activating group) is 2. The molecule has 2 rings (SSSR count). The molecule has 0 radical (unpaired) electrons. The van der Waals surface area contributed by atoms with Crippen LogP contribution in [0.2, 0.25) is 0 Å². The topological polar surface area (TPSA) is 49.8 Å². The lowest BCUT2D eigenvalue weighted by Gasteiger charge is -2.41. The summed E-state index contributed by atoms with van der Waals surface area (Å²) in [6, 6.07) is 3.84. The van der Waals surface area contributed by atoms with Gasteiger partial charge in [-0.15, -0.1) is 15.6 Å². The van der Waals surface area contributed by atoms with E-state index in [0.717, 1.165) is 19.4 Å². The van der Waals surface area contributed by atoms with Crippen LogP contribution in [0.5, 0.6) is 0 Å². The number of rotatable bonds is 5. The fourth-order valence-corrected chi connectivity index (χ4v) is 4.57. The van der Waals surface area contributed by atoms with E-state index in [1.165, 1.54) is 4.88 Å². The van der Waals surface area contributed by atoms with Crippen LogP contribution in [-0.2, 0) is 16.3 Å². The van der Waals surface area contributed by atoms with E-state index in [1.807, 2.05) is 29.8 Å². The molecule has 1 aromatic heterocycles. The van der Waals surface area contributed by atoms with Gasteiger partial charge in [0.1, 0.15) is 23.9 Å². The molecule has 5 nitrogen and oxygen atoms in total. The summed E-state index contributed by atoms with van der Waals surface area (Å²) in [5.74, 6) is 0. The van der Waals surface area contributed by atoms with E-state index in [4.69, 9.17) is 0 Å². The van der Waals surface area contributed by atoms with Crippen molar-refractivity contribution in [1.82, 2.24) is 13.5 Å². The highest BCUT2D eigenvalue weighted by Gasteiger charge is 2.44. The molecule has 3 unspecified atom stereocenters. The molecule has 1 aliphatic heterocycles. The van der Waals surface area contributed by atoms with Crippen molar-refractivity contribution in [2.75, 3.05) is 34.2 Å². The summed E-state index contributed by atoms with van der Waals surface area (Å²) in [6.07, 6.45) is 1.60. The average molecular weight is 315 g/mol. The van der Waals surface area contributed by atoms with Crippen LogP contribution in [0.1, 0.15) is 17.3 Å². The van der Waals surface area contributed by atoms with Gasteiger partial charge >= 0.3 is 0 Å². The van der Waals surface area contributed by atoms with Gasteiger partial charge in [0.05, 0.1) is 12.6 Å². The van der Waals surface area contributed by atoms with Gasteiger partial charge in [-0.3, -0.25) is 0 Å². The SMILES string of the molecule is CN(C)CCN1C(c2cccs2)CC(C=O)N(C)[S+]1[O-]. The van der Waals surface area contributed by atoms with Crippen LogP contribution in [-0.4, -0.2) is 64.6 Å². The first-order valence-corrected chi connectivity index (χ1v) is 8.53. The summed E-state index contributed by atoms with van der Waals surface area (Å²) in [6.45, 7) is 1.56. The molecule has 1 aromatic rings. The van der Waals surface area contributed by atoms with Gasteiger partial charge in [-0.2, -0.15) is 0 Å². The Labute approximate surface area is 127 Å². The summed E-state index contributed by atoms with van der Waals surface area (Å²) in [5.41, 5.74) is 0. The van der Waals surface area contributed by atoms with E-state index < -0.39 is 11.5 Å². The maximum absolute atomic E-state index is 12.6. The van der Waals surface area contributed by atoms with Crippen LogP contribution >= 0.6 is 11.3 Å². The maximum atomic E-state index is 12.6. The van der Waals surface area contributed by atoms with Gasteiger partial charge < -0.3 is 14.2 Å². The second-order valence-corrected chi connectivity index (χ2v) is 7.68. The van der Waals surface area contributed by atoms with E-state index in [1.54, 1.807) is 22.7 Å². The fraction of sp³-hybridized carbons (Fsp3) is 0.615. The average Bonchev–Trinajstić information content (AvgIpc) is 2.94. The predicted octanol–water partition coefficient (Wildman–Crippen LogP) is 1.13. The van der Waals surface area contributed by atoms with Crippen LogP contribution in [0.4, 0.5) is 0 Å². The van der Waals surface area contributed by atoms with Crippen molar-refractivity contribution in [3.63, 3.8) is 0 Å². The Kier molecular flexibility index (Phi) is 5.59. The highest BCUT2D eigenvalue weighted by atomic mass is 32.2. The second kappa shape index (κ2) is 7.02. The quantitative estimate of drug-likeness (QED) is 0.602. The number of hydrogen-bond donors (Lipinski definition) is 0. The molecule has 1 aliphatic rings. The van der Waals surface area contributed by atoms with Crippen molar-refractivity contribution in [3.05, 3.63) is 22.4 Å². The molecule has 0 spiro atoms. The number of thiophene rings is 1. The van der Waals surface area contributed by atoms with Gasteiger partial charge in [-0.05, 0) is 32.0 Å². The summed E-state index contributed by atoms with van der Waals surface area (Å²) in [5, 5.41) is 2.02. The van der Waals surface area contributed by atoms with Crippen molar-refractivity contribution in [3.8, 4) is 0 Å². The lowest BCUT2D eigenvalue weighted by atomic mass is 10.1. The first-order chi connectivity index (χ1) is 9.54. The van der Waals surface area contributed by atoms with Crippen molar-refractivity contribution in [2.24, 2.45) is 0 Å². The van der Waals surface area contributed by atoms with Gasteiger partial charge in [-0.1, -0.05) is 10.4 Å². The normalized spacial score (nSPS) is 28.9. The Hall–Kier alpha value is -0.440. The molecule has 0 aliphatic carbocycles. The van der Waals surface area contributed by atoms with E-state index >= 15 is 0 Å². The Balaban J connectivity index is 2.20. The van der Waals surface area contributed by atoms with Gasteiger partial charge in [0.25, 0.3) is 0 Å². The number of carbonyl (C=O) groups excluding carboxylic acids is 1. The third-order valence-electron chi connectivity index (χ3n) is 3.52. The molecule has 1 fully saturated rings. The van der Waals surface area contributed by atoms with E-state index in [2.05, 4.69) is 11.0 Å². The molecular formula is C13H21N3O2S2. The molecule has 2 heterocycles. The fourth-order valence-electron chi connectivity index (χ4n) is 2.30. The minimum absolute atomic E-state index is 0.0576. The number of hydrogen-bond acceptors (Lipinski definition) is 6. The highest BCUT2D eigenvalue weighted by Crippen LogP contribution is 2.37. The smallest absolute Gasteiger partial charge is 0.141 e. The van der Waals surface area contributed by atoms with Crippen molar-refractivity contribution < 1.29 is 9.35 Å². The van der Waals surface area contributed by atoms with Crippen LogP contribution in [0.3, 0.4) is 0 Å². The molecular weight excluding hydrogens is 294 g/mol. The van der Waals surface area contributed by atoms with Gasteiger partial charge in [-0.25, -0.2) is 0 Å². The molecule has 20 heavy (non-hydrogen) atoms. The Morgan fingerprint density at radius 1 is 1.60 bits per heavy atom. The zero-order chi connectivity index (χ0) is 14.7. The van der Waals surface area contributed by atoms with E-state index in [-0.39, 0.29) is 12.1 Å². The zero-order valence-corrected chi connectivity index (χ0v) is 13.7. The molecule has 3 atom stereocenters. The van der Waals surface area contributed by atoms with Crippen molar-refractivity contribution in [1.29, 1.82) is 0 Å².